The largest absolute Gasteiger partial charge is 0.336 e. The highest BCUT2D eigenvalue weighted by molar-refractivity contribution is 7.80. The lowest BCUT2D eigenvalue weighted by Gasteiger charge is -2.24. The maximum atomic E-state index is 13.4. The van der Waals surface area contributed by atoms with Gasteiger partial charge in [0.15, 0.2) is 5.11 Å². The lowest BCUT2D eigenvalue weighted by atomic mass is 10.1. The Morgan fingerprint density at radius 2 is 1.67 bits per heavy atom. The van der Waals surface area contributed by atoms with Crippen LogP contribution in [0.1, 0.15) is 17.5 Å². The van der Waals surface area contributed by atoms with Crippen molar-refractivity contribution in [3.8, 4) is 0 Å². The van der Waals surface area contributed by atoms with E-state index in [1.807, 2.05) is 42.2 Å². The molecule has 33 heavy (non-hydrogen) atoms. The van der Waals surface area contributed by atoms with E-state index in [9.17, 15) is 9.59 Å². The van der Waals surface area contributed by atoms with Gasteiger partial charge in [0.05, 0.1) is 12.1 Å². The molecule has 1 heterocycles. The molecule has 4 rings (SSSR count). The first kappa shape index (κ1) is 23.0. The van der Waals surface area contributed by atoms with Gasteiger partial charge in [0.1, 0.15) is 6.04 Å². The minimum atomic E-state index is -0.671. The van der Waals surface area contributed by atoms with E-state index in [1.165, 1.54) is 10.5 Å². The molecular formula is C26H24ClN3O2S. The van der Waals surface area contributed by atoms with Crippen molar-refractivity contribution in [3.63, 3.8) is 0 Å². The number of para-hydroxylation sites is 1. The third-order valence-electron chi connectivity index (χ3n) is 5.60. The minimum absolute atomic E-state index is 0.00116. The van der Waals surface area contributed by atoms with Crippen LogP contribution in [-0.2, 0) is 16.0 Å². The molecule has 1 saturated heterocycles. The summed E-state index contributed by atoms with van der Waals surface area (Å²) in [6.45, 7) is 2.58. The third-order valence-corrected chi connectivity index (χ3v) is 6.27. The second kappa shape index (κ2) is 10.1. The van der Waals surface area contributed by atoms with E-state index in [-0.39, 0.29) is 18.2 Å². The summed E-state index contributed by atoms with van der Waals surface area (Å²) in [4.78, 5) is 29.6. The molecule has 1 atom stereocenters. The van der Waals surface area contributed by atoms with Gasteiger partial charge in [0.2, 0.25) is 5.91 Å². The summed E-state index contributed by atoms with van der Waals surface area (Å²) >= 11 is 11.6. The standard InChI is InChI=1S/C26H24ClN3O2S/c1-18-7-9-19(10-8-18)15-16-29-23(17-24(31)28-21-13-11-20(27)12-14-21)25(32)30(26(29)33)22-5-3-2-4-6-22/h2-14,23H,15-17H2,1H3,(H,28,31). The summed E-state index contributed by atoms with van der Waals surface area (Å²) in [5.41, 5.74) is 3.67. The Bertz CT molecular complexity index is 1150. The van der Waals surface area contributed by atoms with E-state index >= 15 is 0 Å². The summed E-state index contributed by atoms with van der Waals surface area (Å²) in [5, 5.41) is 3.86. The Balaban J connectivity index is 1.54. The SMILES string of the molecule is Cc1ccc(CCN2C(=S)N(c3ccccc3)C(=O)C2CC(=O)Nc2ccc(Cl)cc2)cc1. The van der Waals surface area contributed by atoms with Crippen molar-refractivity contribution >= 4 is 52.1 Å². The van der Waals surface area contributed by atoms with E-state index in [0.717, 1.165) is 5.56 Å². The Hall–Kier alpha value is -3.22. The molecule has 7 heteroatoms. The molecule has 3 aromatic carbocycles. The van der Waals surface area contributed by atoms with Crippen molar-refractivity contribution < 1.29 is 9.59 Å². The summed E-state index contributed by atoms with van der Waals surface area (Å²) in [6.07, 6.45) is 0.713. The second-order valence-electron chi connectivity index (χ2n) is 8.00. The van der Waals surface area contributed by atoms with Crippen LogP contribution in [0.2, 0.25) is 5.02 Å². The number of thiocarbonyl (C=S) groups is 1. The number of hydrogen-bond acceptors (Lipinski definition) is 3. The van der Waals surface area contributed by atoms with Crippen molar-refractivity contribution in [1.29, 1.82) is 0 Å². The molecule has 2 amide bonds. The first-order valence-electron chi connectivity index (χ1n) is 10.7. The van der Waals surface area contributed by atoms with Crippen molar-refractivity contribution in [2.75, 3.05) is 16.8 Å². The number of anilines is 2. The number of benzene rings is 3. The molecule has 168 valence electrons. The molecule has 0 bridgehead atoms. The lowest BCUT2D eigenvalue weighted by molar-refractivity contribution is -0.124. The number of hydrogen-bond donors (Lipinski definition) is 1. The number of aryl methyl sites for hydroxylation is 1. The smallest absolute Gasteiger partial charge is 0.256 e. The van der Waals surface area contributed by atoms with Gasteiger partial charge >= 0.3 is 0 Å². The van der Waals surface area contributed by atoms with E-state index in [0.29, 0.717) is 34.5 Å². The molecule has 0 aromatic heterocycles. The van der Waals surface area contributed by atoms with Gasteiger partial charge in [-0.15, -0.1) is 0 Å². The summed E-state index contributed by atoms with van der Waals surface area (Å²) in [7, 11) is 0. The Labute approximate surface area is 204 Å². The predicted octanol–water partition coefficient (Wildman–Crippen LogP) is 5.22. The van der Waals surface area contributed by atoms with Crippen LogP contribution in [0.4, 0.5) is 11.4 Å². The Morgan fingerprint density at radius 1 is 1.00 bits per heavy atom. The average Bonchev–Trinajstić information content (AvgIpc) is 3.04. The number of nitrogens with zero attached hydrogens (tertiary/aromatic N) is 2. The molecule has 1 unspecified atom stereocenters. The molecular weight excluding hydrogens is 454 g/mol. The topological polar surface area (TPSA) is 52.7 Å². The first-order valence-corrected chi connectivity index (χ1v) is 11.5. The molecule has 3 aromatic rings. The first-order chi connectivity index (χ1) is 15.9. The molecule has 1 fully saturated rings. The molecule has 1 aliphatic rings. The molecule has 1 aliphatic heterocycles. The van der Waals surface area contributed by atoms with E-state index in [1.54, 1.807) is 24.3 Å². The van der Waals surface area contributed by atoms with Crippen molar-refractivity contribution in [2.45, 2.75) is 25.8 Å². The number of carbonyl (C=O) groups excluding carboxylic acids is 2. The summed E-state index contributed by atoms with van der Waals surface area (Å²) in [5.74, 6) is -0.449. The maximum absolute atomic E-state index is 13.4. The Kier molecular flexibility index (Phi) is 7.06. The Morgan fingerprint density at radius 3 is 2.33 bits per heavy atom. The van der Waals surface area contributed by atoms with Crippen LogP contribution in [0, 0.1) is 6.92 Å². The van der Waals surface area contributed by atoms with E-state index < -0.39 is 6.04 Å². The molecule has 0 spiro atoms. The molecule has 0 radical (unpaired) electrons. The highest BCUT2D eigenvalue weighted by Crippen LogP contribution is 2.27. The van der Waals surface area contributed by atoms with Crippen LogP contribution in [0.25, 0.3) is 0 Å². The zero-order chi connectivity index (χ0) is 23.4. The van der Waals surface area contributed by atoms with Crippen LogP contribution >= 0.6 is 23.8 Å². The highest BCUT2D eigenvalue weighted by Gasteiger charge is 2.43. The van der Waals surface area contributed by atoms with Crippen molar-refractivity contribution in [2.24, 2.45) is 0 Å². The van der Waals surface area contributed by atoms with Crippen LogP contribution in [0.3, 0.4) is 0 Å². The fourth-order valence-electron chi connectivity index (χ4n) is 3.83. The number of halogens is 1. The number of nitrogens with one attached hydrogen (secondary N) is 1. The van der Waals surface area contributed by atoms with E-state index in [2.05, 4.69) is 29.6 Å². The van der Waals surface area contributed by atoms with Gasteiger partial charge in [0.25, 0.3) is 5.91 Å². The number of amides is 2. The van der Waals surface area contributed by atoms with Gasteiger partial charge in [0, 0.05) is 17.3 Å². The van der Waals surface area contributed by atoms with Crippen LogP contribution in [-0.4, -0.2) is 34.4 Å². The lowest BCUT2D eigenvalue weighted by Crippen LogP contribution is -2.39. The van der Waals surface area contributed by atoms with Gasteiger partial charge in [-0.3, -0.25) is 14.5 Å². The van der Waals surface area contributed by atoms with Crippen molar-refractivity contribution in [1.82, 2.24) is 4.90 Å². The van der Waals surface area contributed by atoms with Crippen LogP contribution < -0.4 is 10.2 Å². The second-order valence-corrected chi connectivity index (χ2v) is 8.80. The fraction of sp³-hybridized carbons (Fsp3) is 0.192. The molecule has 1 N–H and O–H groups in total. The van der Waals surface area contributed by atoms with Gasteiger partial charge in [-0.05, 0) is 67.5 Å². The number of carbonyl (C=O) groups is 2. The normalized spacial score (nSPS) is 15.8. The minimum Gasteiger partial charge on any atom is -0.336 e. The average molecular weight is 478 g/mol. The predicted molar refractivity (Wildman–Crippen MR) is 137 cm³/mol. The maximum Gasteiger partial charge on any atom is 0.256 e. The van der Waals surface area contributed by atoms with Gasteiger partial charge < -0.3 is 10.2 Å². The van der Waals surface area contributed by atoms with E-state index in [4.69, 9.17) is 23.8 Å². The van der Waals surface area contributed by atoms with Crippen molar-refractivity contribution in [3.05, 3.63) is 95.0 Å². The quantitative estimate of drug-likeness (QED) is 0.474. The van der Waals surface area contributed by atoms with Gasteiger partial charge in [-0.2, -0.15) is 0 Å². The summed E-state index contributed by atoms with van der Waals surface area (Å²) in [6, 6.07) is 23.8. The van der Waals surface area contributed by atoms with Gasteiger partial charge in [-0.25, -0.2) is 0 Å². The van der Waals surface area contributed by atoms with Gasteiger partial charge in [-0.1, -0.05) is 59.6 Å². The molecule has 5 nitrogen and oxygen atoms in total. The molecule has 0 saturated carbocycles. The zero-order valence-corrected chi connectivity index (χ0v) is 19.8. The monoisotopic (exact) mass is 477 g/mol. The molecule has 0 aliphatic carbocycles. The van der Waals surface area contributed by atoms with Crippen LogP contribution in [0.15, 0.2) is 78.9 Å². The number of rotatable bonds is 7. The fourth-order valence-corrected chi connectivity index (χ4v) is 4.37. The zero-order valence-electron chi connectivity index (χ0n) is 18.2. The summed E-state index contributed by atoms with van der Waals surface area (Å²) < 4.78 is 0. The van der Waals surface area contributed by atoms with Crippen LogP contribution in [0.5, 0.6) is 0 Å². The third kappa shape index (κ3) is 5.41. The highest BCUT2D eigenvalue weighted by atomic mass is 35.5.